The van der Waals surface area contributed by atoms with E-state index in [2.05, 4.69) is 23.2 Å². The first kappa shape index (κ1) is 16.4. The lowest BCUT2D eigenvalue weighted by Crippen LogP contribution is -2.35. The van der Waals surface area contributed by atoms with Crippen molar-refractivity contribution in [3.63, 3.8) is 0 Å². The number of nitrogens with one attached hydrogen (secondary N) is 1. The molecular weight excluding hydrogens is 260 g/mol. The van der Waals surface area contributed by atoms with Crippen molar-refractivity contribution in [3.8, 4) is 0 Å². The van der Waals surface area contributed by atoms with Crippen molar-refractivity contribution >= 4 is 11.6 Å². The molecule has 0 radical (unpaired) electrons. The van der Waals surface area contributed by atoms with Crippen LogP contribution in [0.2, 0.25) is 5.02 Å². The average Bonchev–Trinajstić information content (AvgIpc) is 2.42. The van der Waals surface area contributed by atoms with Gasteiger partial charge in [-0.25, -0.2) is 0 Å². The minimum absolute atomic E-state index is 0.194. The maximum absolute atomic E-state index is 9.15. The molecule has 2 unspecified atom stereocenters. The van der Waals surface area contributed by atoms with Gasteiger partial charge in [-0.05, 0) is 44.6 Å². The van der Waals surface area contributed by atoms with E-state index >= 15 is 0 Å². The van der Waals surface area contributed by atoms with Gasteiger partial charge in [0.05, 0.1) is 6.61 Å². The molecule has 0 amide bonds. The van der Waals surface area contributed by atoms with Gasteiger partial charge >= 0.3 is 0 Å². The lowest BCUT2D eigenvalue weighted by Gasteiger charge is -2.26. The molecule has 0 heterocycles. The predicted molar refractivity (Wildman–Crippen MR) is 81.7 cm³/mol. The molecule has 0 saturated heterocycles. The summed E-state index contributed by atoms with van der Waals surface area (Å²) in [7, 11) is 2.04. The summed E-state index contributed by atoms with van der Waals surface area (Å²) >= 11 is 6.05. The van der Waals surface area contributed by atoms with E-state index in [9.17, 15) is 0 Å². The highest BCUT2D eigenvalue weighted by molar-refractivity contribution is 6.30. The normalized spacial score (nSPS) is 14.6. The molecule has 1 rings (SSSR count). The molecule has 0 spiro atoms. The summed E-state index contributed by atoms with van der Waals surface area (Å²) in [6.45, 7) is 6.20. The Bertz CT molecular complexity index is 373. The Hall–Kier alpha value is -0.610. The Labute approximate surface area is 121 Å². The highest BCUT2D eigenvalue weighted by atomic mass is 35.5. The quantitative estimate of drug-likeness (QED) is 0.770. The standard InChI is InChI=1S/C15H25ClN2O/c1-4-17-15(8-9-18(3)12(2)11-19)13-6-5-7-14(16)10-13/h5-7,10,12,15,17,19H,4,8-9,11H2,1-3H3. The van der Waals surface area contributed by atoms with Crippen LogP contribution in [0.5, 0.6) is 0 Å². The fourth-order valence-electron chi connectivity index (χ4n) is 2.05. The van der Waals surface area contributed by atoms with Gasteiger partial charge in [0, 0.05) is 23.7 Å². The number of nitrogens with zero attached hydrogens (tertiary/aromatic N) is 1. The Kier molecular flexibility index (Phi) is 7.39. The highest BCUT2D eigenvalue weighted by Crippen LogP contribution is 2.21. The number of aliphatic hydroxyl groups excluding tert-OH is 1. The molecule has 19 heavy (non-hydrogen) atoms. The lowest BCUT2D eigenvalue weighted by atomic mass is 10.0. The van der Waals surface area contributed by atoms with Crippen molar-refractivity contribution in [2.45, 2.75) is 32.4 Å². The van der Waals surface area contributed by atoms with Crippen LogP contribution >= 0.6 is 11.6 Å². The fraction of sp³-hybridized carbons (Fsp3) is 0.600. The van der Waals surface area contributed by atoms with Gasteiger partial charge in [-0.3, -0.25) is 0 Å². The summed E-state index contributed by atoms with van der Waals surface area (Å²) in [5.41, 5.74) is 1.22. The average molecular weight is 285 g/mol. The van der Waals surface area contributed by atoms with Crippen molar-refractivity contribution in [1.29, 1.82) is 0 Å². The summed E-state index contributed by atoms with van der Waals surface area (Å²) < 4.78 is 0. The number of aliphatic hydroxyl groups is 1. The largest absolute Gasteiger partial charge is 0.395 e. The molecule has 0 aliphatic rings. The number of hydrogen-bond acceptors (Lipinski definition) is 3. The summed E-state index contributed by atoms with van der Waals surface area (Å²) in [6.07, 6.45) is 0.995. The van der Waals surface area contributed by atoms with E-state index in [0.717, 1.165) is 24.5 Å². The Morgan fingerprint density at radius 3 is 2.74 bits per heavy atom. The van der Waals surface area contributed by atoms with Crippen LogP contribution in [-0.4, -0.2) is 42.8 Å². The monoisotopic (exact) mass is 284 g/mol. The van der Waals surface area contributed by atoms with Crippen LogP contribution in [0, 0.1) is 0 Å². The van der Waals surface area contributed by atoms with Gasteiger partial charge in [0.15, 0.2) is 0 Å². The molecule has 0 bridgehead atoms. The maximum atomic E-state index is 9.15. The summed E-state index contributed by atoms with van der Waals surface area (Å²) in [6, 6.07) is 8.51. The smallest absolute Gasteiger partial charge is 0.0584 e. The van der Waals surface area contributed by atoms with Crippen molar-refractivity contribution < 1.29 is 5.11 Å². The molecule has 1 aromatic rings. The molecule has 0 aromatic heterocycles. The Morgan fingerprint density at radius 2 is 2.16 bits per heavy atom. The molecule has 3 nitrogen and oxygen atoms in total. The van der Waals surface area contributed by atoms with Crippen molar-refractivity contribution in [1.82, 2.24) is 10.2 Å². The van der Waals surface area contributed by atoms with Crippen molar-refractivity contribution in [3.05, 3.63) is 34.9 Å². The van der Waals surface area contributed by atoms with Crippen LogP contribution in [0.4, 0.5) is 0 Å². The second-order valence-corrected chi connectivity index (χ2v) is 5.40. The first-order chi connectivity index (χ1) is 9.08. The Balaban J connectivity index is 2.63. The van der Waals surface area contributed by atoms with Gasteiger partial charge in [-0.1, -0.05) is 30.7 Å². The van der Waals surface area contributed by atoms with Crippen LogP contribution in [-0.2, 0) is 0 Å². The SMILES string of the molecule is CCNC(CCN(C)C(C)CO)c1cccc(Cl)c1. The number of halogens is 1. The molecule has 0 saturated carbocycles. The van der Waals surface area contributed by atoms with Gasteiger partial charge in [-0.15, -0.1) is 0 Å². The fourth-order valence-corrected chi connectivity index (χ4v) is 2.25. The third kappa shape index (κ3) is 5.49. The first-order valence-corrected chi connectivity index (χ1v) is 7.26. The molecule has 0 aliphatic heterocycles. The predicted octanol–water partition coefficient (Wildman–Crippen LogP) is 2.69. The van der Waals surface area contributed by atoms with E-state index in [4.69, 9.17) is 16.7 Å². The molecule has 1 aromatic carbocycles. The van der Waals surface area contributed by atoms with Crippen LogP contribution in [0.25, 0.3) is 0 Å². The Morgan fingerprint density at radius 1 is 1.42 bits per heavy atom. The first-order valence-electron chi connectivity index (χ1n) is 6.88. The molecule has 0 aliphatic carbocycles. The zero-order chi connectivity index (χ0) is 14.3. The topological polar surface area (TPSA) is 35.5 Å². The zero-order valence-electron chi connectivity index (χ0n) is 12.1. The van der Waals surface area contributed by atoms with Crippen LogP contribution in [0.1, 0.15) is 31.9 Å². The second kappa shape index (κ2) is 8.54. The molecule has 0 fully saturated rings. The summed E-state index contributed by atoms with van der Waals surface area (Å²) in [5.74, 6) is 0. The molecule has 2 atom stereocenters. The second-order valence-electron chi connectivity index (χ2n) is 4.97. The van der Waals surface area contributed by atoms with Crippen molar-refractivity contribution in [2.75, 3.05) is 26.7 Å². The van der Waals surface area contributed by atoms with Gasteiger partial charge in [0.1, 0.15) is 0 Å². The molecule has 108 valence electrons. The number of benzene rings is 1. The minimum Gasteiger partial charge on any atom is -0.395 e. The summed E-state index contributed by atoms with van der Waals surface area (Å²) in [4.78, 5) is 2.18. The van der Waals surface area contributed by atoms with Gasteiger partial charge in [0.2, 0.25) is 0 Å². The molecular formula is C15H25ClN2O. The van der Waals surface area contributed by atoms with Gasteiger partial charge in [0.25, 0.3) is 0 Å². The summed E-state index contributed by atoms with van der Waals surface area (Å²) in [5, 5.41) is 13.4. The third-order valence-corrected chi connectivity index (χ3v) is 3.72. The van der Waals surface area contributed by atoms with Crippen molar-refractivity contribution in [2.24, 2.45) is 0 Å². The van der Waals surface area contributed by atoms with E-state index in [0.29, 0.717) is 6.04 Å². The van der Waals surface area contributed by atoms with Crippen LogP contribution in [0.3, 0.4) is 0 Å². The number of likely N-dealkylation sites (N-methyl/N-ethyl adjacent to an activating group) is 1. The lowest BCUT2D eigenvalue weighted by molar-refractivity contribution is 0.154. The third-order valence-electron chi connectivity index (χ3n) is 3.49. The van der Waals surface area contributed by atoms with E-state index in [1.807, 2.05) is 32.2 Å². The van der Waals surface area contributed by atoms with E-state index in [1.165, 1.54) is 5.56 Å². The van der Waals surface area contributed by atoms with Crippen LogP contribution < -0.4 is 5.32 Å². The number of hydrogen-bond donors (Lipinski definition) is 2. The van der Waals surface area contributed by atoms with E-state index in [-0.39, 0.29) is 12.6 Å². The van der Waals surface area contributed by atoms with E-state index < -0.39 is 0 Å². The van der Waals surface area contributed by atoms with Gasteiger partial charge < -0.3 is 15.3 Å². The zero-order valence-corrected chi connectivity index (χ0v) is 12.8. The van der Waals surface area contributed by atoms with Gasteiger partial charge in [-0.2, -0.15) is 0 Å². The molecule has 4 heteroatoms. The maximum Gasteiger partial charge on any atom is 0.0584 e. The highest BCUT2D eigenvalue weighted by Gasteiger charge is 2.14. The number of rotatable bonds is 8. The van der Waals surface area contributed by atoms with Crippen LogP contribution in [0.15, 0.2) is 24.3 Å². The molecule has 2 N–H and O–H groups in total. The van der Waals surface area contributed by atoms with E-state index in [1.54, 1.807) is 0 Å². The minimum atomic E-state index is 0.194.